The first-order valence-electron chi connectivity index (χ1n) is 12.7. The van der Waals surface area contributed by atoms with Gasteiger partial charge in [-0.2, -0.15) is 18.3 Å². The van der Waals surface area contributed by atoms with E-state index in [1.807, 2.05) is 24.3 Å². The molecule has 0 radical (unpaired) electrons. The molecule has 0 amide bonds. The van der Waals surface area contributed by atoms with E-state index in [4.69, 9.17) is 14.6 Å². The first kappa shape index (κ1) is 29.1. The van der Waals surface area contributed by atoms with Crippen LogP contribution in [0, 0.1) is 19.3 Å². The minimum absolute atomic E-state index is 0.0240. The molecule has 2 aromatic carbocycles. The lowest BCUT2D eigenvalue weighted by atomic mass is 9.86. The fourth-order valence-corrected chi connectivity index (χ4v) is 5.47. The van der Waals surface area contributed by atoms with Gasteiger partial charge in [0.2, 0.25) is 0 Å². The zero-order valence-electron chi connectivity index (χ0n) is 22.5. The maximum absolute atomic E-state index is 12.9. The maximum Gasteiger partial charge on any atom is 0.490 e. The van der Waals surface area contributed by atoms with Crippen molar-refractivity contribution < 1.29 is 27.8 Å². The van der Waals surface area contributed by atoms with Crippen LogP contribution in [-0.2, 0) is 30.8 Å². The van der Waals surface area contributed by atoms with Gasteiger partial charge in [0, 0.05) is 31.5 Å². The number of carboxylic acid groups (broad SMARTS) is 1. The van der Waals surface area contributed by atoms with Gasteiger partial charge in [-0.15, -0.1) is 0 Å². The molecule has 2 aliphatic heterocycles. The Labute approximate surface area is 228 Å². The Morgan fingerprint density at radius 3 is 2.20 bits per heavy atom. The lowest BCUT2D eigenvalue weighted by Gasteiger charge is -2.23. The average molecular weight is 561 g/mol. The van der Waals surface area contributed by atoms with E-state index >= 15 is 0 Å². The number of hydrogen-bond acceptors (Lipinski definition) is 6. The Morgan fingerprint density at radius 2 is 1.62 bits per heavy atom. The second kappa shape index (κ2) is 11.3. The molecule has 214 valence electrons. The zero-order chi connectivity index (χ0) is 29.2. The van der Waals surface area contributed by atoms with Crippen molar-refractivity contribution in [1.29, 1.82) is 0 Å². The number of hydrogen-bond donors (Lipinski definition) is 1. The first-order chi connectivity index (χ1) is 18.8. The molecular weight excluding hydrogens is 529 g/mol. The van der Waals surface area contributed by atoms with Crippen molar-refractivity contribution >= 4 is 5.97 Å². The molecule has 1 fully saturated rings. The number of aryl methyl sites for hydroxylation is 2. The van der Waals surface area contributed by atoms with Gasteiger partial charge in [0.25, 0.3) is 0 Å². The van der Waals surface area contributed by atoms with Crippen LogP contribution in [0.3, 0.4) is 0 Å². The predicted octanol–water partition coefficient (Wildman–Crippen LogP) is 3.16. The third-order valence-corrected chi connectivity index (χ3v) is 7.18. The monoisotopic (exact) mass is 560 g/mol. The van der Waals surface area contributed by atoms with Crippen molar-refractivity contribution in [1.82, 2.24) is 19.2 Å². The molecule has 0 saturated carbocycles. The second-order valence-corrected chi connectivity index (χ2v) is 10.6. The van der Waals surface area contributed by atoms with E-state index in [2.05, 4.69) is 42.0 Å². The van der Waals surface area contributed by atoms with Crippen LogP contribution in [-0.4, -0.2) is 56.7 Å². The molecule has 1 unspecified atom stereocenters. The maximum atomic E-state index is 12.9. The molecule has 0 bridgehead atoms. The Morgan fingerprint density at radius 1 is 1.00 bits per heavy atom. The number of benzene rings is 2. The number of alkyl halides is 3. The summed E-state index contributed by atoms with van der Waals surface area (Å²) in [5.74, 6) is -1.28. The van der Waals surface area contributed by atoms with Gasteiger partial charge >= 0.3 is 23.3 Å². The molecule has 5 rings (SSSR count). The van der Waals surface area contributed by atoms with Gasteiger partial charge < -0.3 is 9.84 Å². The van der Waals surface area contributed by atoms with Crippen molar-refractivity contribution in [3.8, 4) is 5.75 Å². The zero-order valence-corrected chi connectivity index (χ0v) is 22.5. The highest BCUT2D eigenvalue weighted by Gasteiger charge is 2.44. The van der Waals surface area contributed by atoms with E-state index in [0.29, 0.717) is 6.54 Å². The number of likely N-dealkylation sites (tertiary alicyclic amines) is 1. The van der Waals surface area contributed by atoms with Crippen LogP contribution in [0.2, 0.25) is 0 Å². The highest BCUT2D eigenvalue weighted by Crippen LogP contribution is 2.39. The highest BCUT2D eigenvalue weighted by molar-refractivity contribution is 5.73. The Kier molecular flexibility index (Phi) is 8.20. The van der Waals surface area contributed by atoms with Crippen molar-refractivity contribution in [2.75, 3.05) is 20.2 Å². The minimum atomic E-state index is -5.08. The smallest absolute Gasteiger partial charge is 0.490 e. The van der Waals surface area contributed by atoms with Crippen molar-refractivity contribution in [3.63, 3.8) is 0 Å². The summed E-state index contributed by atoms with van der Waals surface area (Å²) in [4.78, 5) is 37.0. The number of rotatable bonds is 5. The molecule has 1 spiro atoms. The molecule has 0 aliphatic carbocycles. The molecule has 1 saturated heterocycles. The van der Waals surface area contributed by atoms with Crippen molar-refractivity contribution in [2.24, 2.45) is 5.41 Å². The van der Waals surface area contributed by atoms with E-state index < -0.39 is 23.3 Å². The summed E-state index contributed by atoms with van der Waals surface area (Å²) in [5.41, 5.74) is 3.76. The van der Waals surface area contributed by atoms with E-state index in [1.165, 1.54) is 21.4 Å². The fraction of sp³-hybridized carbons (Fsp3) is 0.429. The summed E-state index contributed by atoms with van der Waals surface area (Å²) in [5, 5.41) is 11.7. The summed E-state index contributed by atoms with van der Waals surface area (Å²) in [6, 6.07) is 14.2. The van der Waals surface area contributed by atoms with Gasteiger partial charge in [0.15, 0.2) is 0 Å². The van der Waals surface area contributed by atoms with Gasteiger partial charge in [-0.05, 0) is 50.1 Å². The summed E-state index contributed by atoms with van der Waals surface area (Å²) in [6.45, 7) is 7.94. The van der Waals surface area contributed by atoms with Crippen molar-refractivity contribution in [3.05, 3.63) is 91.3 Å². The molecule has 3 heterocycles. The highest BCUT2D eigenvalue weighted by atomic mass is 19.4. The van der Waals surface area contributed by atoms with Gasteiger partial charge in [-0.1, -0.05) is 41.5 Å². The summed E-state index contributed by atoms with van der Waals surface area (Å²) < 4.78 is 39.9. The Hall–Kier alpha value is -3.93. The van der Waals surface area contributed by atoms with Gasteiger partial charge in [0.1, 0.15) is 11.6 Å². The SMILES string of the molecule is COc1ccc(Cn2nc3n(c(=O)c2=O)CC2(CCN(Cc4cc(C)cc(C)c4)C2)C3)cc1.O=C(O)C(F)(F)F. The lowest BCUT2D eigenvalue weighted by molar-refractivity contribution is -0.192. The van der Waals surface area contributed by atoms with Crippen LogP contribution in [0.25, 0.3) is 0 Å². The molecule has 40 heavy (non-hydrogen) atoms. The van der Waals surface area contributed by atoms with E-state index in [9.17, 15) is 22.8 Å². The van der Waals surface area contributed by atoms with Crippen LogP contribution in [0.4, 0.5) is 13.2 Å². The van der Waals surface area contributed by atoms with Crippen LogP contribution < -0.4 is 15.9 Å². The normalized spacial score (nSPS) is 18.4. The van der Waals surface area contributed by atoms with E-state index in [1.54, 1.807) is 11.7 Å². The van der Waals surface area contributed by atoms with Crippen molar-refractivity contribution in [2.45, 2.75) is 52.5 Å². The van der Waals surface area contributed by atoms with Gasteiger partial charge in [-0.3, -0.25) is 19.1 Å². The van der Waals surface area contributed by atoms with Crippen LogP contribution >= 0.6 is 0 Å². The first-order valence-corrected chi connectivity index (χ1v) is 12.7. The third-order valence-electron chi connectivity index (χ3n) is 7.18. The predicted molar refractivity (Wildman–Crippen MR) is 140 cm³/mol. The largest absolute Gasteiger partial charge is 0.497 e. The summed E-state index contributed by atoms with van der Waals surface area (Å²) in [6.07, 6.45) is -3.35. The van der Waals surface area contributed by atoms with E-state index in [-0.39, 0.29) is 12.0 Å². The van der Waals surface area contributed by atoms with Crippen LogP contribution in [0.5, 0.6) is 5.75 Å². The standard InChI is InChI=1S/C26H30N4O3.C2HF3O2/c1-18-10-19(2)12-21(11-18)14-28-9-8-26(16-28)13-23-27-30(25(32)24(31)29(23)17-26)15-20-4-6-22(33-3)7-5-20;3-2(4,5)1(6)7/h4-7,10-12H,8-9,13-17H2,1-3H3;(H,6,7). The number of halogens is 3. The Balaban J connectivity index is 0.000000470. The summed E-state index contributed by atoms with van der Waals surface area (Å²) >= 11 is 0. The number of carbonyl (C=O) groups is 1. The molecular formula is C28H31F3N4O5. The average Bonchev–Trinajstić information content (AvgIpc) is 3.44. The topological polar surface area (TPSA) is 107 Å². The fourth-order valence-electron chi connectivity index (χ4n) is 5.47. The molecule has 1 N–H and O–H groups in total. The third kappa shape index (κ3) is 6.61. The molecule has 9 nitrogen and oxygen atoms in total. The Bertz CT molecular complexity index is 1490. The molecule has 1 atom stereocenters. The molecule has 2 aliphatic rings. The minimum Gasteiger partial charge on any atom is -0.497 e. The van der Waals surface area contributed by atoms with E-state index in [0.717, 1.165) is 49.6 Å². The number of ether oxygens (including phenoxy) is 1. The van der Waals surface area contributed by atoms with Gasteiger partial charge in [0.05, 0.1) is 13.7 Å². The second-order valence-electron chi connectivity index (χ2n) is 10.6. The quantitative estimate of drug-likeness (QED) is 0.478. The molecule has 3 aromatic rings. The number of carboxylic acids is 1. The number of methoxy groups -OCH3 is 1. The number of fused-ring (bicyclic) bond motifs is 1. The van der Waals surface area contributed by atoms with Crippen LogP contribution in [0.1, 0.15) is 34.5 Å². The van der Waals surface area contributed by atoms with Crippen LogP contribution in [0.15, 0.2) is 52.1 Å². The molecule has 12 heteroatoms. The number of aliphatic carboxylic acids is 1. The summed E-state index contributed by atoms with van der Waals surface area (Å²) in [7, 11) is 1.62. The number of nitrogens with zero attached hydrogens (tertiary/aromatic N) is 4. The molecule has 1 aromatic heterocycles. The number of aromatic nitrogens is 3. The van der Waals surface area contributed by atoms with Gasteiger partial charge in [-0.25, -0.2) is 9.48 Å². The lowest BCUT2D eigenvalue weighted by Crippen LogP contribution is -2.43.